The Kier molecular flexibility index (Phi) is 14.2. The molecular formula is C31H48N2O6. The maximum Gasteiger partial charge on any atom is 0.408 e. The van der Waals surface area contributed by atoms with Crippen LogP contribution >= 0.6 is 0 Å². The van der Waals surface area contributed by atoms with Gasteiger partial charge in [-0.15, -0.1) is 0 Å². The van der Waals surface area contributed by atoms with E-state index in [4.69, 9.17) is 9.47 Å². The first-order chi connectivity index (χ1) is 19.0. The number of carbonyl (C=O) groups is 3. The average Bonchev–Trinajstić information content (AvgIpc) is 2.96. The van der Waals surface area contributed by atoms with Crippen LogP contribution in [0.1, 0.15) is 115 Å². The number of hydrogen-bond acceptors (Lipinski definition) is 6. The van der Waals surface area contributed by atoms with E-state index in [2.05, 4.69) is 10.6 Å². The fourth-order valence-corrected chi connectivity index (χ4v) is 5.73. The molecule has 3 aliphatic rings. The topological polar surface area (TPSA) is 114 Å². The number of carboxylic acid groups (broad SMARTS) is 1. The average molecular weight is 545 g/mol. The summed E-state index contributed by atoms with van der Waals surface area (Å²) in [6.07, 6.45) is 18.5. The number of carboxylic acids is 1. The van der Waals surface area contributed by atoms with E-state index >= 15 is 0 Å². The van der Waals surface area contributed by atoms with Gasteiger partial charge in [-0.25, -0.2) is 9.59 Å². The fourth-order valence-electron chi connectivity index (χ4n) is 5.73. The molecule has 8 nitrogen and oxygen atoms in total. The van der Waals surface area contributed by atoms with Crippen LogP contribution in [0.25, 0.3) is 0 Å². The highest BCUT2D eigenvalue weighted by atomic mass is 16.6. The van der Waals surface area contributed by atoms with E-state index in [-0.39, 0.29) is 25.6 Å². The van der Waals surface area contributed by atoms with E-state index in [9.17, 15) is 19.5 Å². The number of alkyl carbamates (subject to hydrolysis) is 1. The molecule has 39 heavy (non-hydrogen) atoms. The molecule has 1 aromatic carbocycles. The SMILES string of the molecule is C1CCC(NC2CCCCC2)CC1.O=C(CCC(NC(=O)OCc1ccccc1)C(=O)O)OC1CCCCC1. The van der Waals surface area contributed by atoms with E-state index in [1.807, 2.05) is 18.2 Å². The minimum atomic E-state index is -1.22. The van der Waals surface area contributed by atoms with Gasteiger partial charge in [0.25, 0.3) is 0 Å². The Hall–Kier alpha value is -2.61. The first kappa shape index (κ1) is 30.9. The molecule has 1 atom stereocenters. The molecule has 0 saturated heterocycles. The van der Waals surface area contributed by atoms with Crippen molar-refractivity contribution in [3.05, 3.63) is 35.9 Å². The van der Waals surface area contributed by atoms with Crippen molar-refractivity contribution in [1.29, 1.82) is 0 Å². The lowest BCUT2D eigenvalue weighted by Gasteiger charge is -2.30. The zero-order valence-electron chi connectivity index (χ0n) is 23.4. The highest BCUT2D eigenvalue weighted by molar-refractivity contribution is 5.80. The minimum Gasteiger partial charge on any atom is -0.480 e. The molecule has 8 heteroatoms. The third-order valence-corrected chi connectivity index (χ3v) is 7.97. The van der Waals surface area contributed by atoms with E-state index in [1.165, 1.54) is 64.2 Å². The second-order valence-electron chi connectivity index (χ2n) is 11.2. The number of benzene rings is 1. The molecule has 0 radical (unpaired) electrons. The summed E-state index contributed by atoms with van der Waals surface area (Å²) in [5.74, 6) is -1.64. The maximum atomic E-state index is 11.9. The number of esters is 1. The summed E-state index contributed by atoms with van der Waals surface area (Å²) < 4.78 is 10.4. The Labute approximate surface area is 233 Å². The normalized spacial score (nSPS) is 19.7. The van der Waals surface area contributed by atoms with Gasteiger partial charge in [0.15, 0.2) is 0 Å². The standard InChI is InChI=1S/C19H25NO6.C12H23N/c21-17(26-15-9-5-2-6-10-15)12-11-16(18(22)23)20-19(24)25-13-14-7-3-1-4-8-14;1-3-7-11(8-4-1)13-12-9-5-2-6-10-12/h1,3-4,7-8,15-16H,2,5-6,9-13H2,(H,20,24)(H,22,23);11-13H,1-10H2. The smallest absolute Gasteiger partial charge is 0.408 e. The molecule has 0 aliphatic heterocycles. The van der Waals surface area contributed by atoms with Crippen LogP contribution in [-0.2, 0) is 25.7 Å². The van der Waals surface area contributed by atoms with Gasteiger partial charge >= 0.3 is 18.0 Å². The van der Waals surface area contributed by atoms with Crippen LogP contribution in [-0.4, -0.2) is 47.4 Å². The maximum absolute atomic E-state index is 11.9. The second kappa shape index (κ2) is 17.9. The van der Waals surface area contributed by atoms with Crippen molar-refractivity contribution in [1.82, 2.24) is 10.6 Å². The minimum absolute atomic E-state index is 0.0404. The van der Waals surface area contributed by atoms with Crippen molar-refractivity contribution in [2.45, 2.75) is 140 Å². The van der Waals surface area contributed by atoms with Crippen LogP contribution in [0.3, 0.4) is 0 Å². The van der Waals surface area contributed by atoms with Crippen LogP contribution < -0.4 is 10.6 Å². The molecule has 3 fully saturated rings. The zero-order valence-corrected chi connectivity index (χ0v) is 23.4. The molecular weight excluding hydrogens is 496 g/mol. The number of rotatable bonds is 10. The van der Waals surface area contributed by atoms with Crippen molar-refractivity contribution in [2.24, 2.45) is 0 Å². The van der Waals surface area contributed by atoms with Gasteiger partial charge in [0.2, 0.25) is 0 Å². The second-order valence-corrected chi connectivity index (χ2v) is 11.2. The van der Waals surface area contributed by atoms with Crippen molar-refractivity contribution in [3.63, 3.8) is 0 Å². The fraction of sp³-hybridized carbons (Fsp3) is 0.710. The quantitative estimate of drug-likeness (QED) is 0.298. The number of nitrogens with one attached hydrogen (secondary N) is 2. The Morgan fingerprint density at radius 2 is 1.33 bits per heavy atom. The van der Waals surface area contributed by atoms with Gasteiger partial charge in [-0.05, 0) is 63.4 Å². The monoisotopic (exact) mass is 544 g/mol. The zero-order chi connectivity index (χ0) is 27.7. The van der Waals surface area contributed by atoms with Gasteiger partial charge in [0.1, 0.15) is 18.8 Å². The molecule has 3 N–H and O–H groups in total. The van der Waals surface area contributed by atoms with Gasteiger partial charge in [0.05, 0.1) is 0 Å². The number of hydrogen-bond donors (Lipinski definition) is 3. The molecule has 0 heterocycles. The highest BCUT2D eigenvalue weighted by Gasteiger charge is 2.24. The van der Waals surface area contributed by atoms with Crippen molar-refractivity contribution >= 4 is 18.0 Å². The Morgan fingerprint density at radius 3 is 1.87 bits per heavy atom. The van der Waals surface area contributed by atoms with Crippen LogP contribution in [0.2, 0.25) is 0 Å². The van der Waals surface area contributed by atoms with Gasteiger partial charge in [-0.2, -0.15) is 0 Å². The lowest BCUT2D eigenvalue weighted by molar-refractivity contribution is -0.151. The summed E-state index contributed by atoms with van der Waals surface area (Å²) in [6, 6.07) is 9.61. The molecule has 1 aromatic rings. The predicted octanol–water partition coefficient (Wildman–Crippen LogP) is 6.26. The lowest BCUT2D eigenvalue weighted by atomic mass is 9.91. The largest absolute Gasteiger partial charge is 0.480 e. The van der Waals surface area contributed by atoms with Crippen LogP contribution in [0, 0.1) is 0 Å². The van der Waals surface area contributed by atoms with Gasteiger partial charge in [-0.3, -0.25) is 4.79 Å². The third kappa shape index (κ3) is 12.9. The molecule has 0 bridgehead atoms. The van der Waals surface area contributed by atoms with Crippen LogP contribution in [0.5, 0.6) is 0 Å². The third-order valence-electron chi connectivity index (χ3n) is 7.97. The van der Waals surface area contributed by atoms with Gasteiger partial charge < -0.3 is 25.2 Å². The molecule has 3 aliphatic carbocycles. The Balaban J connectivity index is 0.000000268. The van der Waals surface area contributed by atoms with Crippen molar-refractivity contribution in [2.75, 3.05) is 0 Å². The Morgan fingerprint density at radius 1 is 0.795 bits per heavy atom. The van der Waals surface area contributed by atoms with E-state index < -0.39 is 24.1 Å². The van der Waals surface area contributed by atoms with Crippen molar-refractivity contribution < 1.29 is 29.0 Å². The summed E-state index contributed by atoms with van der Waals surface area (Å²) in [6.45, 7) is 0.0444. The van der Waals surface area contributed by atoms with E-state index in [0.29, 0.717) is 0 Å². The van der Waals surface area contributed by atoms with E-state index in [0.717, 1.165) is 49.8 Å². The molecule has 0 aromatic heterocycles. The summed E-state index contributed by atoms with van der Waals surface area (Å²) in [7, 11) is 0. The van der Waals surface area contributed by atoms with Gasteiger partial charge in [0, 0.05) is 18.5 Å². The summed E-state index contributed by atoms with van der Waals surface area (Å²) in [4.78, 5) is 34.9. The van der Waals surface area contributed by atoms with Crippen LogP contribution in [0.15, 0.2) is 30.3 Å². The molecule has 218 valence electrons. The lowest BCUT2D eigenvalue weighted by Crippen LogP contribution is -2.41. The highest BCUT2D eigenvalue weighted by Crippen LogP contribution is 2.23. The number of ether oxygens (including phenoxy) is 2. The predicted molar refractivity (Wildman–Crippen MR) is 150 cm³/mol. The van der Waals surface area contributed by atoms with Crippen LogP contribution in [0.4, 0.5) is 4.79 Å². The molecule has 0 spiro atoms. The number of aliphatic carboxylic acids is 1. The molecule has 3 saturated carbocycles. The van der Waals surface area contributed by atoms with Gasteiger partial charge in [-0.1, -0.05) is 75.3 Å². The summed E-state index contributed by atoms with van der Waals surface area (Å²) >= 11 is 0. The molecule has 1 amide bonds. The Bertz CT molecular complexity index is 830. The summed E-state index contributed by atoms with van der Waals surface area (Å²) in [5.41, 5.74) is 0.797. The number of carbonyl (C=O) groups excluding carboxylic acids is 2. The summed E-state index contributed by atoms with van der Waals surface area (Å²) in [5, 5.41) is 15.4. The van der Waals surface area contributed by atoms with E-state index in [1.54, 1.807) is 12.1 Å². The van der Waals surface area contributed by atoms with Crippen molar-refractivity contribution in [3.8, 4) is 0 Å². The molecule has 4 rings (SSSR count). The first-order valence-corrected chi connectivity index (χ1v) is 15.1. The first-order valence-electron chi connectivity index (χ1n) is 15.1. The number of amides is 1. The molecule has 1 unspecified atom stereocenters.